The SMILES string of the molecule is O=C(C1CC1)N1CCc2cc(NS(=O)(=O)c3ccc(-c4ccccc4)cc3)ccc21. The molecule has 1 N–H and O–H groups in total. The van der Waals surface area contributed by atoms with E-state index in [-0.39, 0.29) is 16.7 Å². The maximum absolute atomic E-state index is 12.8. The first kappa shape index (κ1) is 18.9. The van der Waals surface area contributed by atoms with Gasteiger partial charge in [0.15, 0.2) is 0 Å². The summed E-state index contributed by atoms with van der Waals surface area (Å²) in [6, 6.07) is 22.1. The monoisotopic (exact) mass is 418 g/mol. The lowest BCUT2D eigenvalue weighted by molar-refractivity contribution is -0.119. The van der Waals surface area contributed by atoms with E-state index >= 15 is 0 Å². The number of anilines is 2. The van der Waals surface area contributed by atoms with Crippen LogP contribution in [0.15, 0.2) is 77.7 Å². The molecule has 3 aromatic carbocycles. The van der Waals surface area contributed by atoms with Crippen molar-refractivity contribution in [3.63, 3.8) is 0 Å². The predicted octanol–water partition coefficient (Wildman–Crippen LogP) is 4.45. The summed E-state index contributed by atoms with van der Waals surface area (Å²) in [6.45, 7) is 0.668. The number of hydrogen-bond donors (Lipinski definition) is 1. The molecule has 1 amide bonds. The van der Waals surface area contributed by atoms with E-state index in [4.69, 9.17) is 0 Å². The zero-order valence-electron chi connectivity index (χ0n) is 16.4. The molecule has 0 radical (unpaired) electrons. The summed E-state index contributed by atoms with van der Waals surface area (Å²) in [4.78, 5) is 14.5. The van der Waals surface area contributed by atoms with Crippen LogP contribution in [0.1, 0.15) is 18.4 Å². The molecule has 0 spiro atoms. The number of amides is 1. The molecule has 0 atom stereocenters. The molecule has 0 saturated heterocycles. The van der Waals surface area contributed by atoms with Gasteiger partial charge in [0.1, 0.15) is 0 Å². The minimum Gasteiger partial charge on any atom is -0.312 e. The average molecular weight is 419 g/mol. The van der Waals surface area contributed by atoms with Gasteiger partial charge in [-0.15, -0.1) is 0 Å². The molecule has 1 saturated carbocycles. The Morgan fingerprint density at radius 3 is 2.30 bits per heavy atom. The van der Waals surface area contributed by atoms with Gasteiger partial charge in [-0.3, -0.25) is 9.52 Å². The van der Waals surface area contributed by atoms with Gasteiger partial charge in [-0.25, -0.2) is 8.42 Å². The molecule has 1 fully saturated rings. The van der Waals surface area contributed by atoms with Crippen molar-refractivity contribution >= 4 is 27.3 Å². The Hall–Kier alpha value is -3.12. The Labute approximate surface area is 176 Å². The topological polar surface area (TPSA) is 66.5 Å². The maximum atomic E-state index is 12.8. The quantitative estimate of drug-likeness (QED) is 0.666. The second kappa shape index (κ2) is 7.29. The second-order valence-corrected chi connectivity index (χ2v) is 9.54. The highest BCUT2D eigenvalue weighted by atomic mass is 32.2. The number of nitrogens with one attached hydrogen (secondary N) is 1. The second-order valence-electron chi connectivity index (χ2n) is 7.85. The zero-order chi connectivity index (χ0) is 20.7. The fraction of sp³-hybridized carbons (Fsp3) is 0.208. The number of carbonyl (C=O) groups excluding carboxylic acids is 1. The van der Waals surface area contributed by atoms with Crippen LogP contribution in [0.2, 0.25) is 0 Å². The van der Waals surface area contributed by atoms with Crippen LogP contribution in [-0.4, -0.2) is 20.9 Å². The number of fused-ring (bicyclic) bond motifs is 1. The summed E-state index contributed by atoms with van der Waals surface area (Å²) in [6.07, 6.45) is 2.70. The van der Waals surface area contributed by atoms with Crippen LogP contribution >= 0.6 is 0 Å². The lowest BCUT2D eigenvalue weighted by Gasteiger charge is -2.17. The first-order chi connectivity index (χ1) is 14.5. The molecule has 0 unspecified atom stereocenters. The molecular weight excluding hydrogens is 396 g/mol. The van der Waals surface area contributed by atoms with Crippen LogP contribution < -0.4 is 9.62 Å². The minimum atomic E-state index is -3.69. The number of benzene rings is 3. The highest BCUT2D eigenvalue weighted by Crippen LogP contribution is 2.37. The molecular formula is C24H22N2O3S. The summed E-state index contributed by atoms with van der Waals surface area (Å²) in [5, 5.41) is 0. The number of nitrogens with zero attached hydrogens (tertiary/aromatic N) is 1. The standard InChI is InChI=1S/C24H22N2O3S/c27-24(19-6-7-19)26-15-14-20-16-21(10-13-23(20)26)25-30(28,29)22-11-8-18(9-12-22)17-4-2-1-3-5-17/h1-5,8-13,16,19,25H,6-7,14-15H2. The predicted molar refractivity (Wildman–Crippen MR) is 118 cm³/mol. The summed E-state index contributed by atoms with van der Waals surface area (Å²) < 4.78 is 28.4. The molecule has 1 aliphatic heterocycles. The maximum Gasteiger partial charge on any atom is 0.261 e. The summed E-state index contributed by atoms with van der Waals surface area (Å²) in [5.41, 5.74) is 4.43. The van der Waals surface area contributed by atoms with Gasteiger partial charge in [0.05, 0.1) is 4.90 Å². The number of carbonyl (C=O) groups is 1. The Morgan fingerprint density at radius 2 is 1.60 bits per heavy atom. The Morgan fingerprint density at radius 1 is 0.900 bits per heavy atom. The van der Waals surface area contributed by atoms with Crippen molar-refractivity contribution in [2.75, 3.05) is 16.2 Å². The van der Waals surface area contributed by atoms with Crippen LogP contribution in [-0.2, 0) is 21.2 Å². The molecule has 6 heteroatoms. The first-order valence-corrected chi connectivity index (χ1v) is 11.6. The van der Waals surface area contributed by atoms with Crippen molar-refractivity contribution in [2.45, 2.75) is 24.2 Å². The van der Waals surface area contributed by atoms with Gasteiger partial charge in [-0.05, 0) is 66.3 Å². The normalized spacial score (nSPS) is 15.7. The van der Waals surface area contributed by atoms with E-state index in [1.54, 1.807) is 18.2 Å². The third-order valence-electron chi connectivity index (χ3n) is 5.69. The Bertz CT molecular complexity index is 1200. The molecule has 3 aromatic rings. The van der Waals surface area contributed by atoms with Gasteiger partial charge < -0.3 is 4.90 Å². The van der Waals surface area contributed by atoms with Crippen molar-refractivity contribution in [1.29, 1.82) is 0 Å². The highest BCUT2D eigenvalue weighted by Gasteiger charge is 2.36. The largest absolute Gasteiger partial charge is 0.312 e. The van der Waals surface area contributed by atoms with E-state index in [9.17, 15) is 13.2 Å². The summed E-state index contributed by atoms with van der Waals surface area (Å²) in [5.74, 6) is 0.369. The van der Waals surface area contributed by atoms with E-state index in [1.807, 2.05) is 59.5 Å². The molecule has 0 aromatic heterocycles. The van der Waals surface area contributed by atoms with Crippen molar-refractivity contribution in [2.24, 2.45) is 5.92 Å². The molecule has 2 aliphatic rings. The average Bonchev–Trinajstić information content (AvgIpc) is 3.53. The molecule has 1 aliphatic carbocycles. The van der Waals surface area contributed by atoms with Gasteiger partial charge in [0.2, 0.25) is 5.91 Å². The van der Waals surface area contributed by atoms with E-state index in [0.717, 1.165) is 41.6 Å². The summed E-state index contributed by atoms with van der Waals surface area (Å²) in [7, 11) is -3.69. The van der Waals surface area contributed by atoms with Gasteiger partial charge >= 0.3 is 0 Å². The number of hydrogen-bond acceptors (Lipinski definition) is 3. The van der Waals surface area contributed by atoms with E-state index < -0.39 is 10.0 Å². The fourth-order valence-electron chi connectivity index (χ4n) is 3.92. The van der Waals surface area contributed by atoms with Gasteiger partial charge in [-0.2, -0.15) is 0 Å². The Balaban J connectivity index is 1.34. The van der Waals surface area contributed by atoms with Crippen LogP contribution in [0.4, 0.5) is 11.4 Å². The molecule has 5 rings (SSSR count). The third kappa shape index (κ3) is 3.59. The lowest BCUT2D eigenvalue weighted by atomic mass is 10.1. The Kier molecular flexibility index (Phi) is 4.59. The van der Waals surface area contributed by atoms with Gasteiger partial charge in [0, 0.05) is 23.8 Å². The van der Waals surface area contributed by atoms with E-state index in [2.05, 4.69) is 4.72 Å². The van der Waals surface area contributed by atoms with Crippen LogP contribution in [0.25, 0.3) is 11.1 Å². The van der Waals surface area contributed by atoms with Crippen molar-refractivity contribution in [1.82, 2.24) is 0 Å². The molecule has 5 nitrogen and oxygen atoms in total. The van der Waals surface area contributed by atoms with E-state index in [0.29, 0.717) is 12.2 Å². The van der Waals surface area contributed by atoms with Crippen molar-refractivity contribution in [3.8, 4) is 11.1 Å². The number of sulfonamides is 1. The molecule has 152 valence electrons. The highest BCUT2D eigenvalue weighted by molar-refractivity contribution is 7.92. The molecule has 0 bridgehead atoms. The summed E-state index contributed by atoms with van der Waals surface area (Å²) >= 11 is 0. The van der Waals surface area contributed by atoms with Crippen LogP contribution in [0.3, 0.4) is 0 Å². The van der Waals surface area contributed by atoms with Crippen molar-refractivity contribution < 1.29 is 13.2 Å². The van der Waals surface area contributed by atoms with Crippen LogP contribution in [0.5, 0.6) is 0 Å². The lowest BCUT2D eigenvalue weighted by Crippen LogP contribution is -2.30. The first-order valence-electron chi connectivity index (χ1n) is 10.1. The van der Waals surface area contributed by atoms with Crippen LogP contribution in [0, 0.1) is 5.92 Å². The van der Waals surface area contributed by atoms with Gasteiger partial charge in [-0.1, -0.05) is 42.5 Å². The minimum absolute atomic E-state index is 0.174. The smallest absolute Gasteiger partial charge is 0.261 e. The fourth-order valence-corrected chi connectivity index (χ4v) is 4.97. The van der Waals surface area contributed by atoms with Gasteiger partial charge in [0.25, 0.3) is 10.0 Å². The third-order valence-corrected chi connectivity index (χ3v) is 7.09. The van der Waals surface area contributed by atoms with Crippen molar-refractivity contribution in [3.05, 3.63) is 78.4 Å². The molecule has 1 heterocycles. The van der Waals surface area contributed by atoms with E-state index in [1.165, 1.54) is 0 Å². The molecule has 30 heavy (non-hydrogen) atoms. The number of rotatable bonds is 5. The zero-order valence-corrected chi connectivity index (χ0v) is 17.2.